The van der Waals surface area contributed by atoms with Crippen molar-refractivity contribution in [1.82, 2.24) is 0 Å². The average molecular weight is 321 g/mol. The van der Waals surface area contributed by atoms with Gasteiger partial charge in [-0.25, -0.2) is 0 Å². The predicted octanol–water partition coefficient (Wildman–Crippen LogP) is 4.11. The molecule has 1 aromatic carbocycles. The average Bonchev–Trinajstić information content (AvgIpc) is 2.37. The van der Waals surface area contributed by atoms with Gasteiger partial charge < -0.3 is 10.4 Å². The molecule has 1 unspecified atom stereocenters. The van der Waals surface area contributed by atoms with Crippen LogP contribution in [-0.4, -0.2) is 23.2 Å². The first-order valence-corrected chi connectivity index (χ1v) is 7.23. The molecular formula is C13H18Cl2N2O3. The topological polar surface area (TPSA) is 75.4 Å². The van der Waals surface area contributed by atoms with E-state index in [0.29, 0.717) is 24.6 Å². The molecule has 20 heavy (non-hydrogen) atoms. The molecule has 0 fully saturated rings. The van der Waals surface area contributed by atoms with Gasteiger partial charge in [0.1, 0.15) is 0 Å². The normalized spacial score (nSPS) is 12.2. The maximum atomic E-state index is 10.7. The fourth-order valence-corrected chi connectivity index (χ4v) is 2.63. The molecule has 0 heterocycles. The summed E-state index contributed by atoms with van der Waals surface area (Å²) in [6, 6.07) is 2.55. The molecule has 0 aliphatic rings. The Hall–Kier alpha value is -1.04. The van der Waals surface area contributed by atoms with Crippen LogP contribution in [-0.2, 0) is 0 Å². The second-order valence-corrected chi connectivity index (χ2v) is 5.40. The van der Waals surface area contributed by atoms with E-state index in [2.05, 4.69) is 12.2 Å². The number of halogens is 2. The zero-order valence-corrected chi connectivity index (χ0v) is 12.7. The third-order valence-corrected chi connectivity index (χ3v) is 3.64. The van der Waals surface area contributed by atoms with Crippen LogP contribution in [0.5, 0.6) is 0 Å². The lowest BCUT2D eigenvalue weighted by atomic mass is 10.00. The van der Waals surface area contributed by atoms with E-state index in [1.807, 2.05) is 0 Å². The van der Waals surface area contributed by atoms with Crippen LogP contribution in [0.3, 0.4) is 0 Å². The van der Waals surface area contributed by atoms with Crippen molar-refractivity contribution in [2.24, 2.45) is 5.92 Å². The minimum atomic E-state index is -0.535. The van der Waals surface area contributed by atoms with Crippen molar-refractivity contribution in [1.29, 1.82) is 0 Å². The van der Waals surface area contributed by atoms with E-state index < -0.39 is 4.92 Å². The largest absolute Gasteiger partial charge is 0.396 e. The van der Waals surface area contributed by atoms with E-state index in [1.54, 1.807) is 0 Å². The minimum Gasteiger partial charge on any atom is -0.396 e. The van der Waals surface area contributed by atoms with Crippen LogP contribution in [0, 0.1) is 16.0 Å². The number of aliphatic hydroxyl groups is 1. The van der Waals surface area contributed by atoms with Gasteiger partial charge in [-0.1, -0.05) is 36.5 Å². The Labute approximate surface area is 128 Å². The summed E-state index contributed by atoms with van der Waals surface area (Å²) >= 11 is 12.0. The van der Waals surface area contributed by atoms with E-state index in [1.165, 1.54) is 12.1 Å². The molecule has 0 saturated carbocycles. The van der Waals surface area contributed by atoms with E-state index >= 15 is 0 Å². The van der Waals surface area contributed by atoms with Crippen molar-refractivity contribution < 1.29 is 10.0 Å². The molecule has 1 rings (SSSR count). The zero-order chi connectivity index (χ0) is 15.1. The second kappa shape index (κ2) is 8.29. The summed E-state index contributed by atoms with van der Waals surface area (Å²) in [7, 11) is 0. The summed E-state index contributed by atoms with van der Waals surface area (Å²) in [6.07, 6.45) is 2.70. The van der Waals surface area contributed by atoms with Gasteiger partial charge in [-0.2, -0.15) is 0 Å². The van der Waals surface area contributed by atoms with Crippen LogP contribution in [0.4, 0.5) is 11.4 Å². The third kappa shape index (κ3) is 4.81. The lowest BCUT2D eigenvalue weighted by Crippen LogP contribution is -2.16. The molecule has 0 aromatic heterocycles. The summed E-state index contributed by atoms with van der Waals surface area (Å²) in [4.78, 5) is 10.2. The number of hydrogen-bond acceptors (Lipinski definition) is 4. The first-order chi connectivity index (χ1) is 9.49. The summed E-state index contributed by atoms with van der Waals surface area (Å²) in [5.41, 5.74) is 0.365. The Morgan fingerprint density at radius 1 is 1.35 bits per heavy atom. The van der Waals surface area contributed by atoms with Gasteiger partial charge in [0.05, 0.1) is 20.7 Å². The van der Waals surface area contributed by atoms with Crippen molar-refractivity contribution in [2.75, 3.05) is 18.5 Å². The van der Waals surface area contributed by atoms with Gasteiger partial charge >= 0.3 is 0 Å². The van der Waals surface area contributed by atoms with Crippen molar-refractivity contribution in [3.05, 3.63) is 32.3 Å². The molecule has 1 aromatic rings. The molecule has 0 spiro atoms. The summed E-state index contributed by atoms with van der Waals surface area (Å²) in [5, 5.41) is 23.3. The van der Waals surface area contributed by atoms with Crippen LogP contribution in [0.25, 0.3) is 0 Å². The Balaban J connectivity index is 2.79. The molecule has 0 aliphatic carbocycles. The number of rotatable bonds is 8. The van der Waals surface area contributed by atoms with Gasteiger partial charge in [0.15, 0.2) is 0 Å². The molecule has 0 amide bonds. The number of nitrogens with one attached hydrogen (secondary N) is 1. The Morgan fingerprint density at radius 3 is 2.40 bits per heavy atom. The number of benzene rings is 1. The highest BCUT2D eigenvalue weighted by molar-refractivity contribution is 6.39. The molecule has 7 heteroatoms. The van der Waals surface area contributed by atoms with Crippen LogP contribution < -0.4 is 5.32 Å². The highest BCUT2D eigenvalue weighted by atomic mass is 35.5. The molecule has 0 bridgehead atoms. The van der Waals surface area contributed by atoms with Crippen LogP contribution >= 0.6 is 23.2 Å². The fraction of sp³-hybridized carbons (Fsp3) is 0.538. The van der Waals surface area contributed by atoms with E-state index in [9.17, 15) is 10.1 Å². The Morgan fingerprint density at radius 2 is 1.95 bits per heavy atom. The number of nitro benzene ring substituents is 1. The van der Waals surface area contributed by atoms with Crippen LogP contribution in [0.15, 0.2) is 12.1 Å². The van der Waals surface area contributed by atoms with E-state index in [0.717, 1.165) is 12.8 Å². The highest BCUT2D eigenvalue weighted by Crippen LogP contribution is 2.34. The van der Waals surface area contributed by atoms with Crippen molar-refractivity contribution >= 4 is 34.6 Å². The maximum Gasteiger partial charge on any atom is 0.272 e. The lowest BCUT2D eigenvalue weighted by Gasteiger charge is -2.17. The minimum absolute atomic E-state index is 0.133. The van der Waals surface area contributed by atoms with Crippen molar-refractivity contribution in [3.63, 3.8) is 0 Å². The zero-order valence-electron chi connectivity index (χ0n) is 11.2. The number of hydrogen-bond donors (Lipinski definition) is 2. The van der Waals surface area contributed by atoms with Gasteiger partial charge in [0, 0.05) is 25.3 Å². The summed E-state index contributed by atoms with van der Waals surface area (Å²) < 4.78 is 0. The Kier molecular flexibility index (Phi) is 7.05. The molecule has 0 aliphatic heterocycles. The predicted molar refractivity (Wildman–Crippen MR) is 81.7 cm³/mol. The van der Waals surface area contributed by atoms with Gasteiger partial charge in [-0.05, 0) is 18.8 Å². The second-order valence-electron chi connectivity index (χ2n) is 4.59. The number of anilines is 1. The van der Waals surface area contributed by atoms with E-state index in [-0.39, 0.29) is 22.3 Å². The molecule has 5 nitrogen and oxygen atoms in total. The Bertz CT molecular complexity index is 440. The smallest absolute Gasteiger partial charge is 0.272 e. The van der Waals surface area contributed by atoms with Crippen molar-refractivity contribution in [2.45, 2.75) is 26.2 Å². The van der Waals surface area contributed by atoms with Gasteiger partial charge in [0.25, 0.3) is 5.69 Å². The van der Waals surface area contributed by atoms with Crippen molar-refractivity contribution in [3.8, 4) is 0 Å². The number of aliphatic hydroxyl groups excluding tert-OH is 1. The summed E-state index contributed by atoms with van der Waals surface area (Å²) in [5.74, 6) is 0.312. The lowest BCUT2D eigenvalue weighted by molar-refractivity contribution is -0.384. The van der Waals surface area contributed by atoms with Crippen LogP contribution in [0.2, 0.25) is 10.0 Å². The van der Waals surface area contributed by atoms with Gasteiger partial charge in [-0.15, -0.1) is 0 Å². The third-order valence-electron chi connectivity index (χ3n) is 3.04. The first-order valence-electron chi connectivity index (χ1n) is 6.47. The standard InChI is InChI=1S/C13H18Cl2N2O3/c1-2-3-9(4-5-18)8-16-13-11(14)6-10(17(19)20)7-12(13)15/h6-7,9,16,18H,2-5,8H2,1H3. The van der Waals surface area contributed by atoms with Crippen LogP contribution in [0.1, 0.15) is 26.2 Å². The summed E-state index contributed by atoms with van der Waals surface area (Å²) in [6.45, 7) is 2.83. The van der Waals surface area contributed by atoms with Gasteiger partial charge in [-0.3, -0.25) is 10.1 Å². The molecular weight excluding hydrogens is 303 g/mol. The number of nitrogens with zero attached hydrogens (tertiary/aromatic N) is 1. The van der Waals surface area contributed by atoms with E-state index in [4.69, 9.17) is 28.3 Å². The number of nitro groups is 1. The molecule has 0 saturated heterocycles. The maximum absolute atomic E-state index is 10.7. The quantitative estimate of drug-likeness (QED) is 0.558. The van der Waals surface area contributed by atoms with Gasteiger partial charge in [0.2, 0.25) is 0 Å². The highest BCUT2D eigenvalue weighted by Gasteiger charge is 2.15. The molecule has 0 radical (unpaired) electrons. The molecule has 112 valence electrons. The first kappa shape index (κ1) is 17.0. The molecule has 2 N–H and O–H groups in total. The SMILES string of the molecule is CCCC(CCO)CNc1c(Cl)cc([N+](=O)[O-])cc1Cl. The number of non-ortho nitro benzene ring substituents is 1. The molecule has 1 atom stereocenters. The fourth-order valence-electron chi connectivity index (χ4n) is 2.02. The monoisotopic (exact) mass is 320 g/mol.